The summed E-state index contributed by atoms with van der Waals surface area (Å²) in [5.41, 5.74) is 2.00. The third-order valence-electron chi connectivity index (χ3n) is 6.34. The van der Waals surface area contributed by atoms with Gasteiger partial charge in [0.2, 0.25) is 11.8 Å². The summed E-state index contributed by atoms with van der Waals surface area (Å²) in [6.45, 7) is 3.29. The van der Waals surface area contributed by atoms with Crippen molar-refractivity contribution >= 4 is 27.7 Å². The largest absolute Gasteiger partial charge is 0.486 e. The van der Waals surface area contributed by atoms with E-state index in [1.54, 1.807) is 4.90 Å². The summed E-state index contributed by atoms with van der Waals surface area (Å²) in [5, 5.41) is 3.15. The quantitative estimate of drug-likeness (QED) is 0.557. The van der Waals surface area contributed by atoms with Gasteiger partial charge >= 0.3 is 0 Å². The van der Waals surface area contributed by atoms with Gasteiger partial charge in [0.25, 0.3) is 0 Å². The van der Waals surface area contributed by atoms with Crippen LogP contribution in [-0.4, -0.2) is 42.0 Å². The number of hydrogen-bond acceptors (Lipinski definition) is 4. The molecule has 33 heavy (non-hydrogen) atoms. The smallest absolute Gasteiger partial charge is 0.242 e. The van der Waals surface area contributed by atoms with Crippen molar-refractivity contribution in [3.8, 4) is 11.5 Å². The number of ether oxygens (including phenoxy) is 2. The lowest BCUT2D eigenvalue weighted by Crippen LogP contribution is -2.49. The molecule has 1 fully saturated rings. The van der Waals surface area contributed by atoms with Crippen LogP contribution in [0.4, 0.5) is 0 Å². The van der Waals surface area contributed by atoms with Crippen molar-refractivity contribution < 1.29 is 19.1 Å². The van der Waals surface area contributed by atoms with Crippen molar-refractivity contribution in [3.05, 3.63) is 58.1 Å². The summed E-state index contributed by atoms with van der Waals surface area (Å²) >= 11 is 3.50. The second-order valence-corrected chi connectivity index (χ2v) is 9.71. The van der Waals surface area contributed by atoms with Gasteiger partial charge in [-0.1, -0.05) is 47.0 Å². The van der Waals surface area contributed by atoms with Crippen molar-refractivity contribution in [3.63, 3.8) is 0 Å². The Morgan fingerprint density at radius 1 is 1.06 bits per heavy atom. The molecule has 1 saturated carbocycles. The summed E-state index contributed by atoms with van der Waals surface area (Å²) in [7, 11) is 0. The molecule has 1 heterocycles. The molecule has 1 aliphatic carbocycles. The summed E-state index contributed by atoms with van der Waals surface area (Å²) in [4.78, 5) is 28.0. The minimum absolute atomic E-state index is 0.0427. The predicted molar refractivity (Wildman–Crippen MR) is 130 cm³/mol. The first kappa shape index (κ1) is 23.6. The first-order valence-corrected chi connectivity index (χ1v) is 12.5. The highest BCUT2D eigenvalue weighted by Crippen LogP contribution is 2.31. The molecule has 4 rings (SSSR count). The molecule has 0 bridgehead atoms. The molecule has 1 aliphatic heterocycles. The summed E-state index contributed by atoms with van der Waals surface area (Å²) in [5.74, 6) is 1.34. The van der Waals surface area contributed by atoms with Gasteiger partial charge in [0.1, 0.15) is 19.3 Å². The summed E-state index contributed by atoms with van der Waals surface area (Å²) in [6, 6.07) is 13.3. The van der Waals surface area contributed by atoms with E-state index in [-0.39, 0.29) is 17.9 Å². The highest BCUT2D eigenvalue weighted by molar-refractivity contribution is 9.10. The zero-order valence-corrected chi connectivity index (χ0v) is 20.6. The maximum Gasteiger partial charge on any atom is 0.242 e. The van der Waals surface area contributed by atoms with E-state index in [2.05, 4.69) is 21.2 Å². The van der Waals surface area contributed by atoms with Gasteiger partial charge < -0.3 is 19.7 Å². The van der Waals surface area contributed by atoms with Crippen molar-refractivity contribution in [1.29, 1.82) is 0 Å². The molecular weight excluding hydrogens is 484 g/mol. The monoisotopic (exact) mass is 514 g/mol. The fourth-order valence-electron chi connectivity index (χ4n) is 4.44. The average Bonchev–Trinajstić information content (AvgIpc) is 3.33. The predicted octanol–water partition coefficient (Wildman–Crippen LogP) is 4.63. The molecule has 6 nitrogen and oxygen atoms in total. The van der Waals surface area contributed by atoms with Crippen LogP contribution in [0.5, 0.6) is 11.5 Å². The van der Waals surface area contributed by atoms with Gasteiger partial charge in [-0.15, -0.1) is 0 Å². The lowest BCUT2D eigenvalue weighted by Gasteiger charge is -2.30. The Kier molecular flexibility index (Phi) is 7.91. The Balaban J connectivity index is 1.45. The number of fused-ring (bicyclic) bond motifs is 1. The first-order chi connectivity index (χ1) is 16.0. The van der Waals surface area contributed by atoms with Crippen molar-refractivity contribution in [2.75, 3.05) is 13.2 Å². The van der Waals surface area contributed by atoms with Gasteiger partial charge in [0.05, 0.1) is 0 Å². The molecule has 0 saturated heterocycles. The zero-order valence-electron chi connectivity index (χ0n) is 19.0. The topological polar surface area (TPSA) is 67.9 Å². The Morgan fingerprint density at radius 3 is 2.58 bits per heavy atom. The van der Waals surface area contributed by atoms with Gasteiger partial charge in [0, 0.05) is 23.5 Å². The highest BCUT2D eigenvalue weighted by Gasteiger charge is 2.28. The number of benzene rings is 2. The third-order valence-corrected chi connectivity index (χ3v) is 6.84. The van der Waals surface area contributed by atoms with E-state index in [4.69, 9.17) is 9.47 Å². The molecule has 0 aromatic heterocycles. The van der Waals surface area contributed by atoms with Gasteiger partial charge in [-0.2, -0.15) is 0 Å². The van der Waals surface area contributed by atoms with E-state index in [0.29, 0.717) is 32.6 Å². The van der Waals surface area contributed by atoms with Crippen LogP contribution in [0.1, 0.15) is 50.2 Å². The van der Waals surface area contributed by atoms with Gasteiger partial charge in [-0.3, -0.25) is 9.59 Å². The van der Waals surface area contributed by atoms with Crippen LogP contribution in [0, 0.1) is 0 Å². The number of hydrogen-bond donors (Lipinski definition) is 1. The van der Waals surface area contributed by atoms with Crippen LogP contribution in [0.15, 0.2) is 46.9 Å². The van der Waals surface area contributed by atoms with Gasteiger partial charge in [-0.25, -0.2) is 0 Å². The fraction of sp³-hybridized carbons (Fsp3) is 0.462. The van der Waals surface area contributed by atoms with Crippen LogP contribution in [0.25, 0.3) is 0 Å². The maximum atomic E-state index is 13.4. The molecule has 7 heteroatoms. The van der Waals surface area contributed by atoms with Crippen LogP contribution in [0.3, 0.4) is 0 Å². The normalized spacial score (nSPS) is 16.3. The number of halogens is 1. The zero-order chi connectivity index (χ0) is 23.2. The van der Waals surface area contributed by atoms with Crippen molar-refractivity contribution in [2.24, 2.45) is 0 Å². The minimum atomic E-state index is -0.544. The molecule has 0 unspecified atom stereocenters. The van der Waals surface area contributed by atoms with E-state index in [0.717, 1.165) is 52.8 Å². The molecule has 2 aliphatic rings. The molecule has 0 radical (unpaired) electrons. The molecular formula is C26H31BrN2O4. The molecule has 2 aromatic carbocycles. The van der Waals surface area contributed by atoms with Crippen molar-refractivity contribution in [1.82, 2.24) is 10.2 Å². The summed E-state index contributed by atoms with van der Waals surface area (Å²) in [6.07, 6.45) is 5.21. The van der Waals surface area contributed by atoms with E-state index >= 15 is 0 Å². The van der Waals surface area contributed by atoms with Crippen molar-refractivity contribution in [2.45, 2.75) is 64.1 Å². The average molecular weight is 515 g/mol. The molecule has 1 N–H and O–H groups in total. The van der Waals surface area contributed by atoms with Crippen LogP contribution in [0.2, 0.25) is 0 Å². The second kappa shape index (κ2) is 11.1. The fourth-order valence-corrected chi connectivity index (χ4v) is 4.89. The molecule has 1 atom stereocenters. The maximum absolute atomic E-state index is 13.4. The number of carbonyl (C=O) groups excluding carboxylic acids is 2. The molecule has 2 amide bonds. The molecule has 176 valence electrons. The Bertz CT molecular complexity index is 990. The Hall–Kier alpha value is -2.54. The molecule has 0 spiro atoms. The Morgan fingerprint density at radius 2 is 1.82 bits per heavy atom. The van der Waals surface area contributed by atoms with Gasteiger partial charge in [-0.05, 0) is 61.6 Å². The lowest BCUT2D eigenvalue weighted by molar-refractivity contribution is -0.140. The highest BCUT2D eigenvalue weighted by atomic mass is 79.9. The van der Waals surface area contributed by atoms with Gasteiger partial charge in [0.15, 0.2) is 11.5 Å². The third kappa shape index (κ3) is 6.28. The number of rotatable bonds is 8. The van der Waals surface area contributed by atoms with Crippen LogP contribution >= 0.6 is 15.9 Å². The summed E-state index contributed by atoms with van der Waals surface area (Å²) < 4.78 is 12.2. The molecule has 2 aromatic rings. The van der Waals surface area contributed by atoms with E-state index in [1.165, 1.54) is 0 Å². The van der Waals surface area contributed by atoms with E-state index in [9.17, 15) is 9.59 Å². The van der Waals surface area contributed by atoms with Crippen LogP contribution in [-0.2, 0) is 22.6 Å². The lowest BCUT2D eigenvalue weighted by atomic mass is 10.1. The SMILES string of the molecule is C[C@H](C(=O)NC1CCCC1)N(Cc1cccc(Br)c1)C(=O)CCc1ccc2c(c1)OCCO2. The number of nitrogens with one attached hydrogen (secondary N) is 1. The Labute approximate surface area is 203 Å². The number of nitrogens with zero attached hydrogens (tertiary/aromatic N) is 1. The van der Waals surface area contributed by atoms with E-state index < -0.39 is 6.04 Å². The number of aryl methyl sites for hydroxylation is 1. The second-order valence-electron chi connectivity index (χ2n) is 8.80. The number of amides is 2. The van der Waals surface area contributed by atoms with E-state index in [1.807, 2.05) is 49.4 Å². The first-order valence-electron chi connectivity index (χ1n) is 11.7. The number of carbonyl (C=O) groups is 2. The standard InChI is InChI=1S/C26H31BrN2O4/c1-18(26(31)28-22-7-2-3-8-22)29(17-20-5-4-6-21(27)15-20)25(30)12-10-19-9-11-23-24(16-19)33-14-13-32-23/h4-6,9,11,15-16,18,22H,2-3,7-8,10,12-14,17H2,1H3,(H,28,31)/t18-/m1/s1. The minimum Gasteiger partial charge on any atom is -0.486 e. The van der Waals surface area contributed by atoms with Crippen LogP contribution < -0.4 is 14.8 Å².